The van der Waals surface area contributed by atoms with E-state index in [2.05, 4.69) is 25.5 Å². The number of carbonyl (C=O) groups is 1. The predicted octanol–water partition coefficient (Wildman–Crippen LogP) is 3.33. The number of nitrogens with one attached hydrogen (secondary N) is 1. The molecule has 2 atom stereocenters. The Morgan fingerprint density at radius 3 is 2.56 bits per heavy atom. The fraction of sp³-hybridized carbons (Fsp3) is 0.476. The Bertz CT molecular complexity index is 1260. The smallest absolute Gasteiger partial charge is 0.425 e. The van der Waals surface area contributed by atoms with Crippen LogP contribution in [-0.4, -0.2) is 62.3 Å². The van der Waals surface area contributed by atoms with Gasteiger partial charge in [-0.2, -0.15) is 41.1 Å². The second-order valence-corrected chi connectivity index (χ2v) is 8.32. The van der Waals surface area contributed by atoms with Gasteiger partial charge in [-0.3, -0.25) is 4.79 Å². The number of benzene rings is 1. The molecule has 9 nitrogen and oxygen atoms in total. The zero-order valence-electron chi connectivity index (χ0n) is 19.1. The van der Waals surface area contributed by atoms with Crippen molar-refractivity contribution in [3.63, 3.8) is 0 Å². The zero-order chi connectivity index (χ0) is 26.3. The van der Waals surface area contributed by atoms with Crippen molar-refractivity contribution in [2.45, 2.75) is 51.3 Å². The highest BCUT2D eigenvalue weighted by Crippen LogP contribution is 2.33. The van der Waals surface area contributed by atoms with Gasteiger partial charge in [-0.1, -0.05) is 18.2 Å². The van der Waals surface area contributed by atoms with Crippen molar-refractivity contribution in [3.8, 4) is 6.01 Å². The minimum atomic E-state index is -4.68. The standard InChI is InChI=1S/C21H21F6N7O2/c1-11(20(22,23)24)36-19-29-17-16(18(30-19)33-8-7-14(10-33)28-12(2)35)31-34(32-17)9-13-5-3-4-6-15(13)21(25,26)27/h3-6,11,14H,7-10H2,1-2H3,(H,28,35)/t11-,14?/m0/s1. The van der Waals surface area contributed by atoms with E-state index in [1.54, 1.807) is 4.90 Å². The Kier molecular flexibility index (Phi) is 6.66. The van der Waals surface area contributed by atoms with Crippen LogP contribution >= 0.6 is 0 Å². The van der Waals surface area contributed by atoms with Gasteiger partial charge < -0.3 is 15.0 Å². The van der Waals surface area contributed by atoms with Crippen molar-refractivity contribution < 1.29 is 35.9 Å². The van der Waals surface area contributed by atoms with E-state index >= 15 is 0 Å². The molecular weight excluding hydrogens is 496 g/mol. The van der Waals surface area contributed by atoms with Crippen LogP contribution < -0.4 is 15.0 Å². The summed E-state index contributed by atoms with van der Waals surface area (Å²) in [5.74, 6) is -0.139. The molecule has 0 radical (unpaired) electrons. The maximum absolute atomic E-state index is 13.4. The lowest BCUT2D eigenvalue weighted by atomic mass is 10.1. The molecule has 2 aromatic heterocycles. The molecule has 3 aromatic rings. The summed E-state index contributed by atoms with van der Waals surface area (Å²) in [6.07, 6.45) is -11.0. The molecule has 3 heterocycles. The summed E-state index contributed by atoms with van der Waals surface area (Å²) in [4.78, 5) is 22.1. The summed E-state index contributed by atoms with van der Waals surface area (Å²) in [6.45, 7) is 2.45. The number of alkyl halides is 6. The Labute approximate surface area is 200 Å². The third-order valence-corrected chi connectivity index (χ3v) is 5.53. The molecule has 4 rings (SSSR count). The van der Waals surface area contributed by atoms with Crippen LogP contribution in [0.4, 0.5) is 32.2 Å². The second kappa shape index (κ2) is 9.43. The minimum absolute atomic E-state index is 0.0787. The summed E-state index contributed by atoms with van der Waals surface area (Å²) in [5.41, 5.74) is -1.03. The lowest BCUT2D eigenvalue weighted by molar-refractivity contribution is -0.190. The van der Waals surface area contributed by atoms with Gasteiger partial charge in [-0.25, -0.2) is 0 Å². The van der Waals surface area contributed by atoms with E-state index in [0.717, 1.165) is 17.8 Å². The van der Waals surface area contributed by atoms with Gasteiger partial charge in [-0.05, 0) is 25.0 Å². The molecule has 1 saturated heterocycles. The summed E-state index contributed by atoms with van der Waals surface area (Å²) in [6, 6.07) is 4.07. The fourth-order valence-electron chi connectivity index (χ4n) is 3.83. The molecule has 36 heavy (non-hydrogen) atoms. The van der Waals surface area contributed by atoms with Gasteiger partial charge in [0.2, 0.25) is 11.6 Å². The van der Waals surface area contributed by atoms with Crippen molar-refractivity contribution in [2.75, 3.05) is 18.0 Å². The molecule has 1 aliphatic heterocycles. The molecule has 1 unspecified atom stereocenters. The molecule has 194 valence electrons. The molecule has 1 fully saturated rings. The average molecular weight is 517 g/mol. The van der Waals surface area contributed by atoms with Crippen LogP contribution in [0.3, 0.4) is 0 Å². The number of halogens is 6. The second-order valence-electron chi connectivity index (χ2n) is 8.32. The van der Waals surface area contributed by atoms with E-state index in [0.29, 0.717) is 13.0 Å². The fourth-order valence-corrected chi connectivity index (χ4v) is 3.83. The zero-order valence-corrected chi connectivity index (χ0v) is 19.1. The molecular formula is C21H21F6N7O2. The van der Waals surface area contributed by atoms with Crippen molar-refractivity contribution in [2.24, 2.45) is 0 Å². The van der Waals surface area contributed by atoms with Gasteiger partial charge in [0, 0.05) is 26.1 Å². The van der Waals surface area contributed by atoms with E-state index in [4.69, 9.17) is 4.74 Å². The Balaban J connectivity index is 1.72. The average Bonchev–Trinajstić information content (AvgIpc) is 3.38. The van der Waals surface area contributed by atoms with Crippen LogP contribution in [0, 0.1) is 0 Å². The lowest BCUT2D eigenvalue weighted by Gasteiger charge is -2.20. The third kappa shape index (κ3) is 5.60. The minimum Gasteiger partial charge on any atom is -0.451 e. The first-order valence-corrected chi connectivity index (χ1v) is 10.8. The summed E-state index contributed by atoms with van der Waals surface area (Å²) < 4.78 is 84.3. The summed E-state index contributed by atoms with van der Waals surface area (Å²) >= 11 is 0. The topological polar surface area (TPSA) is 98.1 Å². The number of amides is 1. The summed E-state index contributed by atoms with van der Waals surface area (Å²) in [7, 11) is 0. The number of fused-ring (bicyclic) bond motifs is 1. The van der Waals surface area contributed by atoms with E-state index in [1.165, 1.54) is 25.1 Å². The highest BCUT2D eigenvalue weighted by Gasteiger charge is 2.39. The normalized spacial score (nSPS) is 17.4. The molecule has 0 bridgehead atoms. The maximum Gasteiger partial charge on any atom is 0.425 e. The first-order chi connectivity index (χ1) is 16.8. The van der Waals surface area contributed by atoms with Crippen molar-refractivity contribution in [1.29, 1.82) is 0 Å². The Morgan fingerprint density at radius 2 is 1.89 bits per heavy atom. The van der Waals surface area contributed by atoms with Crippen LogP contribution in [0.2, 0.25) is 0 Å². The number of ether oxygens (including phenoxy) is 1. The molecule has 0 aliphatic carbocycles. The number of hydrogen-bond acceptors (Lipinski definition) is 7. The summed E-state index contributed by atoms with van der Waals surface area (Å²) in [5, 5.41) is 11.1. The lowest BCUT2D eigenvalue weighted by Crippen LogP contribution is -2.36. The van der Waals surface area contributed by atoms with E-state index < -0.39 is 30.0 Å². The highest BCUT2D eigenvalue weighted by atomic mass is 19.4. The van der Waals surface area contributed by atoms with E-state index in [-0.39, 0.29) is 47.6 Å². The molecule has 1 amide bonds. The van der Waals surface area contributed by atoms with Crippen molar-refractivity contribution in [1.82, 2.24) is 30.3 Å². The van der Waals surface area contributed by atoms with Crippen LogP contribution in [0.15, 0.2) is 24.3 Å². The number of nitrogens with zero attached hydrogens (tertiary/aromatic N) is 6. The molecule has 0 saturated carbocycles. The molecule has 1 aromatic carbocycles. The van der Waals surface area contributed by atoms with E-state index in [1.807, 2.05) is 0 Å². The number of anilines is 1. The predicted molar refractivity (Wildman–Crippen MR) is 114 cm³/mol. The van der Waals surface area contributed by atoms with Crippen LogP contribution in [0.25, 0.3) is 11.2 Å². The number of aromatic nitrogens is 5. The Hall–Kier alpha value is -3.65. The largest absolute Gasteiger partial charge is 0.451 e. The van der Waals surface area contributed by atoms with Crippen LogP contribution in [0.1, 0.15) is 31.4 Å². The van der Waals surface area contributed by atoms with Gasteiger partial charge in [-0.15, -0.1) is 10.2 Å². The van der Waals surface area contributed by atoms with Crippen molar-refractivity contribution >= 4 is 22.9 Å². The maximum atomic E-state index is 13.4. The highest BCUT2D eigenvalue weighted by molar-refractivity contribution is 5.83. The van der Waals surface area contributed by atoms with Crippen molar-refractivity contribution in [3.05, 3.63) is 35.4 Å². The molecule has 0 spiro atoms. The first-order valence-electron chi connectivity index (χ1n) is 10.8. The van der Waals surface area contributed by atoms with Gasteiger partial charge in [0.15, 0.2) is 17.4 Å². The van der Waals surface area contributed by atoms with Gasteiger partial charge in [0.25, 0.3) is 0 Å². The quantitative estimate of drug-likeness (QED) is 0.501. The number of hydrogen-bond donors (Lipinski definition) is 1. The molecule has 1 aliphatic rings. The Morgan fingerprint density at radius 1 is 1.17 bits per heavy atom. The van der Waals surface area contributed by atoms with Gasteiger partial charge in [0.1, 0.15) is 0 Å². The molecule has 15 heteroatoms. The van der Waals surface area contributed by atoms with Crippen LogP contribution in [0.5, 0.6) is 6.01 Å². The third-order valence-electron chi connectivity index (χ3n) is 5.53. The SMILES string of the molecule is CC(=O)NC1CCN(c2nc(O[C@@H](C)C(F)(F)F)nc3nn(Cc4ccccc4C(F)(F)F)nc23)C1. The number of carbonyl (C=O) groups excluding carboxylic acids is 1. The first kappa shape index (κ1) is 25.4. The molecule has 1 N–H and O–H groups in total. The monoisotopic (exact) mass is 517 g/mol. The van der Waals surface area contributed by atoms with E-state index in [9.17, 15) is 31.1 Å². The van der Waals surface area contributed by atoms with Gasteiger partial charge in [0.05, 0.1) is 12.1 Å². The van der Waals surface area contributed by atoms with Gasteiger partial charge >= 0.3 is 18.4 Å². The number of rotatable bonds is 6. The van der Waals surface area contributed by atoms with Crippen LogP contribution in [-0.2, 0) is 17.5 Å².